The van der Waals surface area contributed by atoms with E-state index in [1.807, 2.05) is 0 Å². The van der Waals surface area contributed by atoms with Gasteiger partial charge in [0.2, 0.25) is 10.0 Å². The van der Waals surface area contributed by atoms with Crippen LogP contribution in [0.25, 0.3) is 0 Å². The number of carbonyl (C=O) groups excluding carboxylic acids is 1. The molecule has 0 atom stereocenters. The predicted octanol–water partition coefficient (Wildman–Crippen LogP) is 1.52. The van der Waals surface area contributed by atoms with Crippen molar-refractivity contribution in [1.29, 1.82) is 0 Å². The van der Waals surface area contributed by atoms with Crippen molar-refractivity contribution >= 4 is 25.8 Å². The molecule has 1 saturated heterocycles. The molecule has 13 heteroatoms. The van der Waals surface area contributed by atoms with Crippen molar-refractivity contribution in [2.75, 3.05) is 26.2 Å². The van der Waals surface area contributed by atoms with Gasteiger partial charge in [-0.3, -0.25) is 9.78 Å². The van der Waals surface area contributed by atoms with Crippen molar-refractivity contribution in [2.45, 2.75) is 15.3 Å². The molecule has 2 heterocycles. The highest BCUT2D eigenvalue weighted by Crippen LogP contribution is 2.30. The quantitative estimate of drug-likeness (QED) is 0.681. The zero-order chi connectivity index (χ0) is 22.2. The van der Waals surface area contributed by atoms with E-state index in [0.717, 1.165) is 24.3 Å². The summed E-state index contributed by atoms with van der Waals surface area (Å²) in [6, 6.07) is 6.35. The highest BCUT2D eigenvalue weighted by Gasteiger charge is 2.46. The lowest BCUT2D eigenvalue weighted by atomic mass is 10.2. The largest absolute Gasteiger partial charge is 0.501 e. The van der Waals surface area contributed by atoms with Crippen LogP contribution in [0.4, 0.5) is 13.2 Å². The van der Waals surface area contributed by atoms with Gasteiger partial charge < -0.3 is 4.90 Å². The van der Waals surface area contributed by atoms with Gasteiger partial charge in [0.25, 0.3) is 15.7 Å². The average molecular weight is 463 g/mol. The van der Waals surface area contributed by atoms with Gasteiger partial charge >= 0.3 is 5.51 Å². The molecule has 1 fully saturated rings. The molecule has 0 N–H and O–H groups in total. The molecule has 0 unspecified atom stereocenters. The fourth-order valence-electron chi connectivity index (χ4n) is 2.87. The molecule has 0 bridgehead atoms. The summed E-state index contributed by atoms with van der Waals surface area (Å²) in [4.78, 5) is 16.8. The number of alkyl halides is 3. The number of pyridine rings is 1. The molecule has 1 amide bonds. The highest BCUT2D eigenvalue weighted by atomic mass is 32.2. The molecule has 0 spiro atoms. The molecule has 162 valence electrons. The third kappa shape index (κ3) is 4.18. The number of amides is 1. The Morgan fingerprint density at radius 1 is 0.900 bits per heavy atom. The Bertz CT molecular complexity index is 1130. The van der Waals surface area contributed by atoms with Crippen LogP contribution in [-0.4, -0.2) is 68.6 Å². The standard InChI is InChI=1S/C17H16F3N3O5S2/c18-17(19,20)29(25,26)14-5-3-13(4-6-14)16(24)22-8-10-23(11-9-22)30(27,28)15-2-1-7-21-12-15/h1-7,12H,8-11H2. The number of rotatable bonds is 4. The molecule has 0 saturated carbocycles. The zero-order valence-electron chi connectivity index (χ0n) is 15.3. The number of nitrogens with zero attached hydrogens (tertiary/aromatic N) is 3. The Morgan fingerprint density at radius 3 is 2.00 bits per heavy atom. The summed E-state index contributed by atoms with van der Waals surface area (Å²) >= 11 is 0. The van der Waals surface area contributed by atoms with E-state index in [0.29, 0.717) is 0 Å². The number of piperazine rings is 1. The summed E-state index contributed by atoms with van der Waals surface area (Å²) in [5, 5.41) is 0. The highest BCUT2D eigenvalue weighted by molar-refractivity contribution is 7.92. The first-order chi connectivity index (χ1) is 13.9. The molecule has 8 nitrogen and oxygen atoms in total. The van der Waals surface area contributed by atoms with E-state index in [1.54, 1.807) is 0 Å². The van der Waals surface area contributed by atoms with Gasteiger partial charge in [0.1, 0.15) is 4.90 Å². The van der Waals surface area contributed by atoms with E-state index >= 15 is 0 Å². The second-order valence-electron chi connectivity index (χ2n) is 6.36. The van der Waals surface area contributed by atoms with Crippen LogP contribution >= 0.6 is 0 Å². The second kappa shape index (κ2) is 7.96. The number of carbonyl (C=O) groups is 1. The SMILES string of the molecule is O=C(c1ccc(S(=O)(=O)C(F)(F)F)cc1)N1CCN(S(=O)(=O)c2cccnc2)CC1. The summed E-state index contributed by atoms with van der Waals surface area (Å²) in [6.07, 6.45) is 2.67. The van der Waals surface area contributed by atoms with Crippen molar-refractivity contribution < 1.29 is 34.8 Å². The summed E-state index contributed by atoms with van der Waals surface area (Å²) < 4.78 is 87.0. The number of aromatic nitrogens is 1. The maximum absolute atomic E-state index is 12.6. The van der Waals surface area contributed by atoms with Gasteiger partial charge in [0.15, 0.2) is 0 Å². The van der Waals surface area contributed by atoms with Crippen molar-refractivity contribution in [3.63, 3.8) is 0 Å². The normalized spacial score (nSPS) is 16.4. The third-order valence-corrected chi connectivity index (χ3v) is 7.90. The van der Waals surface area contributed by atoms with Crippen LogP contribution in [0, 0.1) is 0 Å². The smallest absolute Gasteiger partial charge is 0.336 e. The number of hydrogen-bond acceptors (Lipinski definition) is 6. The minimum absolute atomic E-state index is 0.000286. The van der Waals surface area contributed by atoms with E-state index in [-0.39, 0.29) is 36.6 Å². The summed E-state index contributed by atoms with van der Waals surface area (Å²) in [5.74, 6) is -0.538. The minimum atomic E-state index is -5.50. The van der Waals surface area contributed by atoms with Crippen LogP contribution in [0.15, 0.2) is 58.6 Å². The Balaban J connectivity index is 1.69. The number of sulfonamides is 1. The first kappa shape index (κ1) is 22.2. The lowest BCUT2D eigenvalue weighted by Crippen LogP contribution is -2.50. The van der Waals surface area contributed by atoms with Crippen molar-refractivity contribution in [3.8, 4) is 0 Å². The Kier molecular flexibility index (Phi) is 5.89. The fourth-order valence-corrected chi connectivity index (χ4v) is 5.02. The lowest BCUT2D eigenvalue weighted by molar-refractivity contribution is -0.0436. The monoisotopic (exact) mass is 463 g/mol. The fraction of sp³-hybridized carbons (Fsp3) is 0.294. The predicted molar refractivity (Wildman–Crippen MR) is 98.6 cm³/mol. The minimum Gasteiger partial charge on any atom is -0.336 e. The van der Waals surface area contributed by atoms with Gasteiger partial charge in [-0.15, -0.1) is 0 Å². The first-order valence-corrected chi connectivity index (χ1v) is 11.5. The summed E-state index contributed by atoms with van der Waals surface area (Å²) in [6.45, 7) is 0.203. The molecular formula is C17H16F3N3O5S2. The van der Waals surface area contributed by atoms with Gasteiger partial charge in [-0.05, 0) is 36.4 Å². The van der Waals surface area contributed by atoms with E-state index in [1.165, 1.54) is 33.7 Å². The number of benzene rings is 1. The van der Waals surface area contributed by atoms with Gasteiger partial charge in [0, 0.05) is 44.1 Å². The maximum atomic E-state index is 12.6. The van der Waals surface area contributed by atoms with Crippen LogP contribution in [-0.2, 0) is 19.9 Å². The van der Waals surface area contributed by atoms with Crippen LogP contribution in [0.2, 0.25) is 0 Å². The Morgan fingerprint density at radius 2 is 1.50 bits per heavy atom. The molecule has 3 rings (SSSR count). The van der Waals surface area contributed by atoms with Crippen molar-refractivity contribution in [1.82, 2.24) is 14.2 Å². The number of halogens is 3. The molecule has 2 aromatic rings. The van der Waals surface area contributed by atoms with Crippen LogP contribution < -0.4 is 0 Å². The summed E-state index contributed by atoms with van der Waals surface area (Å²) in [5.41, 5.74) is -5.44. The first-order valence-electron chi connectivity index (χ1n) is 8.55. The Hall–Kier alpha value is -2.51. The Labute approximate surface area is 170 Å². The van der Waals surface area contributed by atoms with Crippen molar-refractivity contribution in [2.24, 2.45) is 0 Å². The molecule has 1 aromatic heterocycles. The van der Waals surface area contributed by atoms with E-state index in [4.69, 9.17) is 0 Å². The van der Waals surface area contributed by atoms with Crippen molar-refractivity contribution in [3.05, 3.63) is 54.4 Å². The van der Waals surface area contributed by atoms with Gasteiger partial charge in [-0.1, -0.05) is 0 Å². The van der Waals surface area contributed by atoms with Crippen LogP contribution in [0.3, 0.4) is 0 Å². The average Bonchev–Trinajstić information content (AvgIpc) is 2.73. The number of hydrogen-bond donors (Lipinski definition) is 0. The topological polar surface area (TPSA) is 105 Å². The second-order valence-corrected chi connectivity index (χ2v) is 10.2. The van der Waals surface area contributed by atoms with Crippen LogP contribution in [0.5, 0.6) is 0 Å². The van der Waals surface area contributed by atoms with E-state index in [9.17, 15) is 34.8 Å². The lowest BCUT2D eigenvalue weighted by Gasteiger charge is -2.34. The van der Waals surface area contributed by atoms with Gasteiger partial charge in [0.05, 0.1) is 4.90 Å². The van der Waals surface area contributed by atoms with Gasteiger partial charge in [-0.25, -0.2) is 16.8 Å². The molecular weight excluding hydrogens is 447 g/mol. The molecule has 1 aliphatic heterocycles. The van der Waals surface area contributed by atoms with Gasteiger partial charge in [-0.2, -0.15) is 17.5 Å². The van der Waals surface area contributed by atoms with Crippen LogP contribution in [0.1, 0.15) is 10.4 Å². The summed E-state index contributed by atoms with van der Waals surface area (Å²) in [7, 11) is -9.25. The zero-order valence-corrected chi connectivity index (χ0v) is 16.9. The maximum Gasteiger partial charge on any atom is 0.501 e. The molecule has 0 aliphatic carbocycles. The van der Waals surface area contributed by atoms with E-state index < -0.39 is 36.2 Å². The van der Waals surface area contributed by atoms with E-state index in [2.05, 4.69) is 4.98 Å². The molecule has 30 heavy (non-hydrogen) atoms. The molecule has 1 aromatic carbocycles. The molecule has 0 radical (unpaired) electrons. The third-order valence-electron chi connectivity index (χ3n) is 4.51. The number of sulfone groups is 1. The molecule has 1 aliphatic rings.